The van der Waals surface area contributed by atoms with Crippen molar-refractivity contribution in [2.45, 2.75) is 18.9 Å². The summed E-state index contributed by atoms with van der Waals surface area (Å²) in [6.07, 6.45) is 0.160. The van der Waals surface area contributed by atoms with Gasteiger partial charge in [0.15, 0.2) is 6.10 Å². The molecule has 0 bridgehead atoms. The second-order valence-electron chi connectivity index (χ2n) is 5.05. The quantitative estimate of drug-likeness (QED) is 0.803. The van der Waals surface area contributed by atoms with Crippen LogP contribution in [0.4, 0.5) is 0 Å². The second-order valence-corrected chi connectivity index (χ2v) is 5.05. The summed E-state index contributed by atoms with van der Waals surface area (Å²) in [4.78, 5) is 23.9. The first kappa shape index (κ1) is 16.7. The summed E-state index contributed by atoms with van der Waals surface area (Å²) >= 11 is 0. The van der Waals surface area contributed by atoms with E-state index in [1.807, 2.05) is 48.5 Å². The molecular formula is C18H20N2O3. The van der Waals surface area contributed by atoms with E-state index in [9.17, 15) is 9.59 Å². The summed E-state index contributed by atoms with van der Waals surface area (Å²) in [6.45, 7) is 0. The highest BCUT2D eigenvalue weighted by atomic mass is 16.5. The molecule has 0 saturated heterocycles. The second kappa shape index (κ2) is 8.70. The monoisotopic (exact) mass is 312 g/mol. The number of ether oxygens (including phenoxy) is 1. The Balaban J connectivity index is 1.80. The van der Waals surface area contributed by atoms with Crippen LogP contribution in [0.3, 0.4) is 0 Å². The van der Waals surface area contributed by atoms with Crippen molar-refractivity contribution in [2.75, 3.05) is 7.11 Å². The average Bonchev–Trinajstić information content (AvgIpc) is 2.60. The van der Waals surface area contributed by atoms with Crippen molar-refractivity contribution in [2.24, 2.45) is 0 Å². The van der Waals surface area contributed by atoms with Crippen LogP contribution in [0.2, 0.25) is 0 Å². The summed E-state index contributed by atoms with van der Waals surface area (Å²) < 4.78 is 5.20. The molecule has 2 aromatic rings. The smallest absolute Gasteiger partial charge is 0.272 e. The van der Waals surface area contributed by atoms with Gasteiger partial charge in [0.05, 0.1) is 0 Å². The lowest BCUT2D eigenvalue weighted by Gasteiger charge is -2.16. The van der Waals surface area contributed by atoms with Crippen molar-refractivity contribution in [1.82, 2.24) is 10.9 Å². The molecule has 23 heavy (non-hydrogen) atoms. The third-order valence-electron chi connectivity index (χ3n) is 3.38. The molecule has 1 unspecified atom stereocenters. The highest BCUT2D eigenvalue weighted by molar-refractivity contribution is 5.85. The number of methoxy groups -OCH3 is 1. The molecular weight excluding hydrogens is 292 g/mol. The first-order chi connectivity index (χ1) is 11.2. The van der Waals surface area contributed by atoms with E-state index in [0.717, 1.165) is 11.1 Å². The van der Waals surface area contributed by atoms with Gasteiger partial charge < -0.3 is 4.74 Å². The summed E-state index contributed by atoms with van der Waals surface area (Å²) in [5.74, 6) is -0.656. The molecule has 0 spiro atoms. The van der Waals surface area contributed by atoms with E-state index in [0.29, 0.717) is 12.8 Å². The zero-order valence-electron chi connectivity index (χ0n) is 13.0. The number of rotatable bonds is 6. The molecule has 2 rings (SSSR count). The maximum absolute atomic E-state index is 12.1. The fraction of sp³-hybridized carbons (Fsp3) is 0.222. The normalized spacial score (nSPS) is 11.5. The van der Waals surface area contributed by atoms with Crippen LogP contribution in [-0.2, 0) is 20.7 Å². The van der Waals surface area contributed by atoms with Gasteiger partial charge in [0.1, 0.15) is 0 Å². The van der Waals surface area contributed by atoms with Crippen LogP contribution in [0.5, 0.6) is 0 Å². The van der Waals surface area contributed by atoms with Gasteiger partial charge in [0, 0.05) is 13.5 Å². The van der Waals surface area contributed by atoms with Crippen LogP contribution < -0.4 is 10.9 Å². The van der Waals surface area contributed by atoms with Crippen molar-refractivity contribution in [3.8, 4) is 0 Å². The lowest BCUT2D eigenvalue weighted by molar-refractivity contribution is -0.135. The van der Waals surface area contributed by atoms with Crippen molar-refractivity contribution < 1.29 is 14.3 Å². The molecule has 2 amide bonds. The zero-order valence-corrected chi connectivity index (χ0v) is 13.0. The Labute approximate surface area is 135 Å². The van der Waals surface area contributed by atoms with Crippen LogP contribution in [0, 0.1) is 0 Å². The predicted molar refractivity (Wildman–Crippen MR) is 87.2 cm³/mol. The molecule has 0 aliphatic carbocycles. The minimum absolute atomic E-state index is 0.245. The molecule has 5 heteroatoms. The van der Waals surface area contributed by atoms with Gasteiger partial charge in [-0.15, -0.1) is 0 Å². The zero-order chi connectivity index (χ0) is 16.5. The van der Waals surface area contributed by atoms with Crippen LogP contribution in [0.1, 0.15) is 23.7 Å². The fourth-order valence-corrected chi connectivity index (χ4v) is 2.18. The van der Waals surface area contributed by atoms with Gasteiger partial charge >= 0.3 is 0 Å². The Hall–Kier alpha value is -2.66. The summed E-state index contributed by atoms with van der Waals surface area (Å²) in [6, 6.07) is 18.8. The topological polar surface area (TPSA) is 67.4 Å². The number of carbonyl (C=O) groups is 2. The van der Waals surface area contributed by atoms with Crippen molar-refractivity contribution in [3.05, 3.63) is 71.8 Å². The number of amides is 2. The van der Waals surface area contributed by atoms with Gasteiger partial charge in [-0.25, -0.2) is 0 Å². The molecule has 0 fully saturated rings. The molecule has 2 aromatic carbocycles. The van der Waals surface area contributed by atoms with E-state index in [-0.39, 0.29) is 5.91 Å². The molecule has 1 atom stereocenters. The first-order valence-corrected chi connectivity index (χ1v) is 7.41. The highest BCUT2D eigenvalue weighted by Gasteiger charge is 2.20. The lowest BCUT2D eigenvalue weighted by Crippen LogP contribution is -2.44. The van der Waals surface area contributed by atoms with E-state index < -0.39 is 12.0 Å². The highest BCUT2D eigenvalue weighted by Crippen LogP contribution is 2.15. The Morgan fingerprint density at radius 1 is 0.957 bits per heavy atom. The maximum atomic E-state index is 12.1. The molecule has 0 radical (unpaired) electrons. The Bertz CT molecular complexity index is 629. The van der Waals surface area contributed by atoms with E-state index in [1.54, 1.807) is 12.1 Å². The first-order valence-electron chi connectivity index (χ1n) is 7.41. The van der Waals surface area contributed by atoms with Gasteiger partial charge in [-0.05, 0) is 17.5 Å². The van der Waals surface area contributed by atoms with Crippen molar-refractivity contribution >= 4 is 11.8 Å². The average molecular weight is 312 g/mol. The number of hydrazine groups is 1. The fourth-order valence-electron chi connectivity index (χ4n) is 2.18. The third-order valence-corrected chi connectivity index (χ3v) is 3.38. The predicted octanol–water partition coefficient (Wildman–Crippen LogP) is 2.15. The number of aryl methyl sites for hydroxylation is 1. The standard InChI is InChI=1S/C18H20N2O3/c1-23-17(15-10-6-3-7-11-15)18(22)20-19-16(21)13-12-14-8-4-2-5-9-14/h2-11,17H,12-13H2,1H3,(H,19,21)(H,20,22). The van der Waals surface area contributed by atoms with E-state index >= 15 is 0 Å². The third kappa shape index (κ3) is 5.23. The van der Waals surface area contributed by atoms with Crippen molar-refractivity contribution in [1.29, 1.82) is 0 Å². The Morgan fingerprint density at radius 2 is 1.57 bits per heavy atom. The van der Waals surface area contributed by atoms with Crippen LogP contribution in [-0.4, -0.2) is 18.9 Å². The van der Waals surface area contributed by atoms with Crippen LogP contribution in [0.15, 0.2) is 60.7 Å². The SMILES string of the molecule is COC(C(=O)NNC(=O)CCc1ccccc1)c1ccccc1. The van der Waals surface area contributed by atoms with Gasteiger partial charge in [0.2, 0.25) is 5.91 Å². The molecule has 0 aromatic heterocycles. The van der Waals surface area contributed by atoms with E-state index in [4.69, 9.17) is 4.74 Å². The maximum Gasteiger partial charge on any atom is 0.272 e. The van der Waals surface area contributed by atoms with E-state index in [2.05, 4.69) is 10.9 Å². The Kier molecular flexibility index (Phi) is 6.32. The van der Waals surface area contributed by atoms with Gasteiger partial charge in [-0.3, -0.25) is 20.4 Å². The molecule has 120 valence electrons. The van der Waals surface area contributed by atoms with Gasteiger partial charge in [-0.1, -0.05) is 60.7 Å². The number of hydrogen-bond donors (Lipinski definition) is 2. The Morgan fingerprint density at radius 3 is 2.17 bits per heavy atom. The summed E-state index contributed by atoms with van der Waals surface area (Å²) in [7, 11) is 1.45. The lowest BCUT2D eigenvalue weighted by atomic mass is 10.1. The van der Waals surface area contributed by atoms with Crippen LogP contribution >= 0.6 is 0 Å². The number of nitrogens with one attached hydrogen (secondary N) is 2. The largest absolute Gasteiger partial charge is 0.367 e. The van der Waals surface area contributed by atoms with E-state index in [1.165, 1.54) is 7.11 Å². The molecule has 0 aliphatic heterocycles. The minimum atomic E-state index is -0.759. The summed E-state index contributed by atoms with van der Waals surface area (Å²) in [5, 5.41) is 0. The molecule has 0 aliphatic rings. The van der Waals surface area contributed by atoms with Gasteiger partial charge in [-0.2, -0.15) is 0 Å². The van der Waals surface area contributed by atoms with Gasteiger partial charge in [0.25, 0.3) is 5.91 Å². The minimum Gasteiger partial charge on any atom is -0.367 e. The number of carbonyl (C=O) groups excluding carboxylic acids is 2. The molecule has 0 saturated carbocycles. The molecule has 2 N–H and O–H groups in total. The molecule has 0 heterocycles. The summed E-state index contributed by atoms with van der Waals surface area (Å²) in [5.41, 5.74) is 6.63. The van der Waals surface area contributed by atoms with Crippen LogP contribution in [0.25, 0.3) is 0 Å². The molecule has 5 nitrogen and oxygen atoms in total. The van der Waals surface area contributed by atoms with Crippen molar-refractivity contribution in [3.63, 3.8) is 0 Å². The number of hydrogen-bond acceptors (Lipinski definition) is 3. The number of benzene rings is 2.